The average molecular weight is 280 g/mol. The summed E-state index contributed by atoms with van der Waals surface area (Å²) in [5, 5.41) is 2.67. The lowest BCUT2D eigenvalue weighted by molar-refractivity contribution is 0.0290. The molecule has 0 atom stereocenters. The zero-order chi connectivity index (χ0) is 14.2. The number of anilines is 1. The van der Waals surface area contributed by atoms with Gasteiger partial charge in [-0.05, 0) is 12.1 Å². The fraction of sp³-hybridized carbons (Fsp3) is 0.500. The quantitative estimate of drug-likeness (QED) is 0.887. The van der Waals surface area contributed by atoms with Crippen LogP contribution in [0.2, 0.25) is 0 Å². The van der Waals surface area contributed by atoms with Crippen molar-refractivity contribution in [3.63, 3.8) is 0 Å². The molecular weight excluding hydrogens is 260 g/mol. The molecule has 1 heterocycles. The summed E-state index contributed by atoms with van der Waals surface area (Å²) in [6.07, 6.45) is -0.452. The molecule has 1 saturated heterocycles. The van der Waals surface area contributed by atoms with Crippen molar-refractivity contribution in [1.29, 1.82) is 0 Å². The summed E-state index contributed by atoms with van der Waals surface area (Å²) >= 11 is 0. The van der Waals surface area contributed by atoms with Crippen molar-refractivity contribution in [3.8, 4) is 5.75 Å². The Morgan fingerprint density at radius 2 is 2.20 bits per heavy atom. The molecule has 0 aromatic heterocycles. The highest BCUT2D eigenvalue weighted by molar-refractivity contribution is 5.84. The fourth-order valence-corrected chi connectivity index (χ4v) is 1.95. The van der Waals surface area contributed by atoms with E-state index in [2.05, 4.69) is 10.2 Å². The van der Waals surface area contributed by atoms with Crippen molar-refractivity contribution >= 4 is 11.8 Å². The lowest BCUT2D eigenvalue weighted by Crippen LogP contribution is -2.38. The van der Waals surface area contributed by atoms with E-state index in [4.69, 9.17) is 14.2 Å². The van der Waals surface area contributed by atoms with Crippen LogP contribution in [0.15, 0.2) is 24.3 Å². The third kappa shape index (κ3) is 4.71. The van der Waals surface area contributed by atoms with Gasteiger partial charge in [0.05, 0.1) is 20.3 Å². The number of hydrogen-bond acceptors (Lipinski definition) is 5. The molecule has 1 aromatic carbocycles. The van der Waals surface area contributed by atoms with Crippen molar-refractivity contribution in [2.45, 2.75) is 0 Å². The van der Waals surface area contributed by atoms with E-state index >= 15 is 0 Å². The minimum Gasteiger partial charge on any atom is -0.497 e. The van der Waals surface area contributed by atoms with Crippen LogP contribution in [0.25, 0.3) is 0 Å². The lowest BCUT2D eigenvalue weighted by Gasteiger charge is -2.26. The highest BCUT2D eigenvalue weighted by atomic mass is 16.5. The lowest BCUT2D eigenvalue weighted by atomic mass is 10.3. The molecule has 110 valence electrons. The van der Waals surface area contributed by atoms with Crippen molar-refractivity contribution < 1.29 is 19.0 Å². The summed E-state index contributed by atoms with van der Waals surface area (Å²) < 4.78 is 15.5. The number of ether oxygens (including phenoxy) is 3. The maximum atomic E-state index is 11.6. The summed E-state index contributed by atoms with van der Waals surface area (Å²) in [6, 6.07) is 7.14. The number of benzene rings is 1. The number of methoxy groups -OCH3 is 1. The van der Waals surface area contributed by atoms with Crippen molar-refractivity contribution in [2.75, 3.05) is 51.9 Å². The van der Waals surface area contributed by atoms with Gasteiger partial charge in [0.15, 0.2) is 0 Å². The Balaban J connectivity index is 1.69. The van der Waals surface area contributed by atoms with Crippen LogP contribution in [0.5, 0.6) is 5.75 Å². The predicted molar refractivity (Wildman–Crippen MR) is 75.2 cm³/mol. The number of rotatable bonds is 5. The first-order chi connectivity index (χ1) is 9.78. The fourth-order valence-electron chi connectivity index (χ4n) is 1.95. The molecule has 0 saturated carbocycles. The Hall–Kier alpha value is -1.79. The normalized spacial score (nSPS) is 15.7. The van der Waals surface area contributed by atoms with Crippen molar-refractivity contribution in [1.82, 2.24) is 4.90 Å². The molecule has 6 heteroatoms. The first-order valence-corrected chi connectivity index (χ1v) is 6.66. The number of carbonyl (C=O) groups is 1. The molecule has 1 fully saturated rings. The summed E-state index contributed by atoms with van der Waals surface area (Å²) in [7, 11) is 1.58. The molecule has 1 aliphatic rings. The number of carbonyl (C=O) groups excluding carboxylic acids is 1. The van der Waals surface area contributed by atoms with Crippen LogP contribution in [0, 0.1) is 0 Å². The topological polar surface area (TPSA) is 60.0 Å². The highest BCUT2D eigenvalue weighted by Gasteiger charge is 2.11. The second-order valence-corrected chi connectivity index (χ2v) is 4.45. The van der Waals surface area contributed by atoms with Crippen LogP contribution in [-0.2, 0) is 9.47 Å². The minimum atomic E-state index is -0.452. The molecule has 1 amide bonds. The molecular formula is C14H20N2O4. The SMILES string of the molecule is COc1cccc(NC(=O)OCCN2CCOCC2)c1. The molecule has 0 aliphatic carbocycles. The Morgan fingerprint density at radius 3 is 2.95 bits per heavy atom. The predicted octanol–water partition coefficient (Wildman–Crippen LogP) is 1.58. The molecule has 20 heavy (non-hydrogen) atoms. The Labute approximate surface area is 118 Å². The number of hydrogen-bond donors (Lipinski definition) is 1. The first-order valence-electron chi connectivity index (χ1n) is 6.66. The van der Waals surface area contributed by atoms with Gasteiger partial charge in [-0.3, -0.25) is 10.2 Å². The van der Waals surface area contributed by atoms with Gasteiger partial charge in [-0.15, -0.1) is 0 Å². The third-order valence-corrected chi connectivity index (χ3v) is 3.06. The summed E-state index contributed by atoms with van der Waals surface area (Å²) in [4.78, 5) is 13.8. The number of amides is 1. The van der Waals surface area contributed by atoms with Crippen LogP contribution in [0.3, 0.4) is 0 Å². The van der Waals surface area contributed by atoms with E-state index in [9.17, 15) is 4.79 Å². The van der Waals surface area contributed by atoms with Crippen molar-refractivity contribution in [3.05, 3.63) is 24.3 Å². The third-order valence-electron chi connectivity index (χ3n) is 3.06. The average Bonchev–Trinajstić information content (AvgIpc) is 2.48. The Kier molecular flexibility index (Phi) is 5.64. The van der Waals surface area contributed by atoms with E-state index in [1.807, 2.05) is 12.1 Å². The van der Waals surface area contributed by atoms with Crippen molar-refractivity contribution in [2.24, 2.45) is 0 Å². The van der Waals surface area contributed by atoms with Crippen LogP contribution in [0.1, 0.15) is 0 Å². The number of nitrogens with one attached hydrogen (secondary N) is 1. The smallest absolute Gasteiger partial charge is 0.411 e. The maximum Gasteiger partial charge on any atom is 0.411 e. The molecule has 6 nitrogen and oxygen atoms in total. The molecule has 0 spiro atoms. The van der Waals surface area contributed by atoms with Gasteiger partial charge < -0.3 is 14.2 Å². The zero-order valence-corrected chi connectivity index (χ0v) is 11.6. The van der Waals surface area contributed by atoms with Crippen LogP contribution in [-0.4, -0.2) is 57.6 Å². The molecule has 1 aromatic rings. The maximum absolute atomic E-state index is 11.6. The Morgan fingerprint density at radius 1 is 1.40 bits per heavy atom. The summed E-state index contributed by atoms with van der Waals surface area (Å²) in [5.41, 5.74) is 0.653. The van der Waals surface area contributed by atoms with E-state index in [0.717, 1.165) is 32.8 Å². The zero-order valence-electron chi connectivity index (χ0n) is 11.6. The monoisotopic (exact) mass is 280 g/mol. The molecule has 0 unspecified atom stereocenters. The van der Waals surface area contributed by atoms with Crippen LogP contribution in [0.4, 0.5) is 10.5 Å². The molecule has 0 bridgehead atoms. The van der Waals surface area contributed by atoms with Gasteiger partial charge in [-0.2, -0.15) is 0 Å². The van der Waals surface area contributed by atoms with Gasteiger partial charge in [0.2, 0.25) is 0 Å². The van der Waals surface area contributed by atoms with E-state index < -0.39 is 6.09 Å². The second-order valence-electron chi connectivity index (χ2n) is 4.45. The van der Waals surface area contributed by atoms with E-state index in [1.54, 1.807) is 19.2 Å². The minimum absolute atomic E-state index is 0.371. The Bertz CT molecular complexity index is 433. The first kappa shape index (κ1) is 14.6. The number of morpholine rings is 1. The van der Waals surface area contributed by atoms with Gasteiger partial charge >= 0.3 is 6.09 Å². The van der Waals surface area contributed by atoms with Crippen LogP contribution >= 0.6 is 0 Å². The molecule has 0 radical (unpaired) electrons. The van der Waals surface area contributed by atoms with Gasteiger partial charge in [0.25, 0.3) is 0 Å². The molecule has 1 N–H and O–H groups in total. The van der Waals surface area contributed by atoms with E-state index in [0.29, 0.717) is 18.0 Å². The summed E-state index contributed by atoms with van der Waals surface area (Å²) in [5.74, 6) is 0.691. The van der Waals surface area contributed by atoms with Gasteiger partial charge in [-0.1, -0.05) is 6.07 Å². The van der Waals surface area contributed by atoms with E-state index in [-0.39, 0.29) is 0 Å². The van der Waals surface area contributed by atoms with Crippen LogP contribution < -0.4 is 10.1 Å². The standard InChI is InChI=1S/C14H20N2O4/c1-18-13-4-2-3-12(11-13)15-14(17)20-10-7-16-5-8-19-9-6-16/h2-4,11H,5-10H2,1H3,(H,15,17). The van der Waals surface area contributed by atoms with Gasteiger partial charge in [-0.25, -0.2) is 4.79 Å². The summed E-state index contributed by atoms with van der Waals surface area (Å²) in [6.45, 7) is 4.37. The largest absolute Gasteiger partial charge is 0.497 e. The molecule has 1 aliphatic heterocycles. The van der Waals surface area contributed by atoms with E-state index in [1.165, 1.54) is 0 Å². The van der Waals surface area contributed by atoms with Gasteiger partial charge in [0, 0.05) is 31.4 Å². The number of nitrogens with zero attached hydrogens (tertiary/aromatic N) is 1. The highest BCUT2D eigenvalue weighted by Crippen LogP contribution is 2.16. The second kappa shape index (κ2) is 7.72. The molecule has 2 rings (SSSR count). The van der Waals surface area contributed by atoms with Gasteiger partial charge in [0.1, 0.15) is 12.4 Å².